The number of nitrogen functional groups attached to an aromatic ring is 1. The molecule has 2 rings (SSSR count). The van der Waals surface area contributed by atoms with Crippen molar-refractivity contribution < 1.29 is 8.78 Å². The molecule has 5 heteroatoms. The number of nitrogens with two attached hydrogens (primary N) is 2. The molecule has 0 fully saturated rings. The molecule has 0 radical (unpaired) electrons. The fourth-order valence-corrected chi connectivity index (χ4v) is 1.61. The Morgan fingerprint density at radius 2 is 1.88 bits per heavy atom. The summed E-state index contributed by atoms with van der Waals surface area (Å²) in [6, 6.07) is 5.82. The van der Waals surface area contributed by atoms with E-state index in [2.05, 4.69) is 4.98 Å². The molecule has 2 aromatic rings. The van der Waals surface area contributed by atoms with Crippen molar-refractivity contribution in [2.24, 2.45) is 5.73 Å². The summed E-state index contributed by atoms with van der Waals surface area (Å²) in [4.78, 5) is 3.87. The Morgan fingerprint density at radius 3 is 2.53 bits per heavy atom. The molecule has 1 atom stereocenters. The lowest BCUT2D eigenvalue weighted by atomic mass is 10.00. The zero-order valence-electron chi connectivity index (χ0n) is 8.90. The molecule has 0 saturated carbocycles. The van der Waals surface area contributed by atoms with Crippen LogP contribution >= 0.6 is 0 Å². The first-order valence-electron chi connectivity index (χ1n) is 5.00. The zero-order chi connectivity index (χ0) is 12.4. The van der Waals surface area contributed by atoms with E-state index in [1.165, 1.54) is 12.3 Å². The number of nitrogens with zero attached hydrogens (tertiary/aromatic N) is 1. The lowest BCUT2D eigenvalue weighted by molar-refractivity contribution is 0.566. The first kappa shape index (κ1) is 11.5. The van der Waals surface area contributed by atoms with Gasteiger partial charge in [-0.2, -0.15) is 0 Å². The second kappa shape index (κ2) is 4.47. The lowest BCUT2D eigenvalue weighted by Gasteiger charge is -2.14. The summed E-state index contributed by atoms with van der Waals surface area (Å²) in [6.07, 6.45) is 1.52. The highest BCUT2D eigenvalue weighted by molar-refractivity contribution is 5.45. The minimum atomic E-state index is -0.760. The number of benzene rings is 1. The predicted octanol–water partition coefficient (Wildman–Crippen LogP) is 1.99. The molecule has 4 N–H and O–H groups in total. The fraction of sp³-hybridized carbons (Fsp3) is 0.0833. The van der Waals surface area contributed by atoms with E-state index in [0.717, 1.165) is 12.1 Å². The van der Waals surface area contributed by atoms with Gasteiger partial charge in [-0.1, -0.05) is 12.1 Å². The van der Waals surface area contributed by atoms with Crippen molar-refractivity contribution >= 4 is 5.82 Å². The Kier molecular flexibility index (Phi) is 3.01. The number of anilines is 1. The quantitative estimate of drug-likeness (QED) is 0.836. The summed E-state index contributed by atoms with van der Waals surface area (Å²) < 4.78 is 26.3. The maximum atomic E-state index is 13.5. The lowest BCUT2D eigenvalue weighted by Crippen LogP contribution is -2.16. The van der Waals surface area contributed by atoms with E-state index < -0.39 is 17.7 Å². The van der Waals surface area contributed by atoms with E-state index in [-0.39, 0.29) is 11.4 Å². The molecule has 0 bridgehead atoms. The van der Waals surface area contributed by atoms with Gasteiger partial charge in [0.25, 0.3) is 0 Å². The van der Waals surface area contributed by atoms with Gasteiger partial charge >= 0.3 is 0 Å². The van der Waals surface area contributed by atoms with Gasteiger partial charge in [-0.3, -0.25) is 0 Å². The molecular weight excluding hydrogens is 224 g/mol. The third-order valence-electron chi connectivity index (χ3n) is 2.50. The number of hydrogen-bond donors (Lipinski definition) is 2. The number of pyridine rings is 1. The van der Waals surface area contributed by atoms with Crippen LogP contribution in [0.3, 0.4) is 0 Å². The highest BCUT2D eigenvalue weighted by Gasteiger charge is 2.16. The van der Waals surface area contributed by atoms with Crippen LogP contribution in [0, 0.1) is 11.6 Å². The average Bonchev–Trinajstić information content (AvgIpc) is 2.29. The zero-order valence-corrected chi connectivity index (χ0v) is 8.90. The van der Waals surface area contributed by atoms with Crippen molar-refractivity contribution in [3.05, 3.63) is 59.3 Å². The number of halogens is 2. The Balaban J connectivity index is 2.44. The minimum absolute atomic E-state index is 0.186. The molecule has 17 heavy (non-hydrogen) atoms. The van der Waals surface area contributed by atoms with Crippen LogP contribution in [0.2, 0.25) is 0 Å². The Bertz CT molecular complexity index is 543. The van der Waals surface area contributed by atoms with Crippen LogP contribution in [0.1, 0.15) is 17.2 Å². The van der Waals surface area contributed by atoms with Crippen molar-refractivity contribution in [1.29, 1.82) is 0 Å². The second-order valence-electron chi connectivity index (χ2n) is 3.62. The van der Waals surface area contributed by atoms with E-state index in [0.29, 0.717) is 5.56 Å². The number of rotatable bonds is 2. The third kappa shape index (κ3) is 2.24. The fourth-order valence-electron chi connectivity index (χ4n) is 1.61. The van der Waals surface area contributed by atoms with Gasteiger partial charge in [0, 0.05) is 23.4 Å². The number of aromatic nitrogens is 1. The summed E-state index contributed by atoms with van der Waals surface area (Å²) in [6.45, 7) is 0. The molecule has 1 heterocycles. The molecule has 1 aromatic carbocycles. The van der Waals surface area contributed by atoms with Crippen LogP contribution < -0.4 is 11.5 Å². The SMILES string of the molecule is Nc1ncccc1C(N)c1ccc(F)cc1F. The standard InChI is InChI=1S/C12H11F2N3/c13-7-3-4-8(10(14)6-7)11(15)9-2-1-5-17-12(9)16/h1-6,11H,15H2,(H2,16,17). The first-order chi connectivity index (χ1) is 8.09. The molecule has 1 aromatic heterocycles. The maximum Gasteiger partial charge on any atom is 0.131 e. The van der Waals surface area contributed by atoms with Gasteiger partial charge in [-0.15, -0.1) is 0 Å². The van der Waals surface area contributed by atoms with Crippen molar-refractivity contribution in [3.63, 3.8) is 0 Å². The first-order valence-corrected chi connectivity index (χ1v) is 5.00. The normalized spacial score (nSPS) is 12.4. The van der Waals surface area contributed by atoms with Crippen LogP contribution in [-0.4, -0.2) is 4.98 Å². The third-order valence-corrected chi connectivity index (χ3v) is 2.50. The van der Waals surface area contributed by atoms with E-state index in [1.807, 2.05) is 0 Å². The summed E-state index contributed by atoms with van der Waals surface area (Å²) in [5, 5.41) is 0. The van der Waals surface area contributed by atoms with Crippen molar-refractivity contribution in [3.8, 4) is 0 Å². The molecular formula is C12H11F2N3. The van der Waals surface area contributed by atoms with Crippen LogP contribution in [0.15, 0.2) is 36.5 Å². The van der Waals surface area contributed by atoms with E-state index in [1.54, 1.807) is 12.1 Å². The smallest absolute Gasteiger partial charge is 0.131 e. The topological polar surface area (TPSA) is 64.9 Å². The molecule has 0 saturated heterocycles. The summed E-state index contributed by atoms with van der Waals surface area (Å²) in [7, 11) is 0. The molecule has 0 amide bonds. The average molecular weight is 235 g/mol. The molecule has 88 valence electrons. The van der Waals surface area contributed by atoms with E-state index >= 15 is 0 Å². The Hall–Kier alpha value is -2.01. The van der Waals surface area contributed by atoms with E-state index in [9.17, 15) is 8.78 Å². The van der Waals surface area contributed by atoms with Gasteiger partial charge in [-0.25, -0.2) is 13.8 Å². The monoisotopic (exact) mass is 235 g/mol. The highest BCUT2D eigenvalue weighted by atomic mass is 19.1. The Labute approximate surface area is 97.1 Å². The van der Waals surface area contributed by atoms with E-state index in [4.69, 9.17) is 11.5 Å². The van der Waals surface area contributed by atoms with Crippen molar-refractivity contribution in [2.75, 3.05) is 5.73 Å². The summed E-state index contributed by atoms with van der Waals surface area (Å²) >= 11 is 0. The second-order valence-corrected chi connectivity index (χ2v) is 3.62. The molecule has 3 nitrogen and oxygen atoms in total. The minimum Gasteiger partial charge on any atom is -0.383 e. The van der Waals surface area contributed by atoms with Crippen LogP contribution in [0.25, 0.3) is 0 Å². The van der Waals surface area contributed by atoms with Crippen LogP contribution in [0.5, 0.6) is 0 Å². The van der Waals surface area contributed by atoms with Crippen LogP contribution in [0.4, 0.5) is 14.6 Å². The molecule has 0 aliphatic carbocycles. The van der Waals surface area contributed by atoms with Gasteiger partial charge in [0.15, 0.2) is 0 Å². The van der Waals surface area contributed by atoms with Gasteiger partial charge in [0.1, 0.15) is 17.5 Å². The van der Waals surface area contributed by atoms with Crippen LogP contribution in [-0.2, 0) is 0 Å². The molecule has 0 spiro atoms. The van der Waals surface area contributed by atoms with Gasteiger partial charge in [-0.05, 0) is 12.1 Å². The van der Waals surface area contributed by atoms with Gasteiger partial charge in [0.05, 0.1) is 6.04 Å². The largest absolute Gasteiger partial charge is 0.383 e. The van der Waals surface area contributed by atoms with Crippen molar-refractivity contribution in [1.82, 2.24) is 4.98 Å². The summed E-state index contributed by atoms with van der Waals surface area (Å²) in [5.74, 6) is -1.10. The van der Waals surface area contributed by atoms with Crippen molar-refractivity contribution in [2.45, 2.75) is 6.04 Å². The molecule has 0 aliphatic rings. The molecule has 1 unspecified atom stereocenters. The Morgan fingerprint density at radius 1 is 1.12 bits per heavy atom. The van der Waals surface area contributed by atoms with Gasteiger partial charge in [0.2, 0.25) is 0 Å². The summed E-state index contributed by atoms with van der Waals surface area (Å²) in [5.41, 5.74) is 12.2. The number of hydrogen-bond acceptors (Lipinski definition) is 3. The predicted molar refractivity (Wildman–Crippen MR) is 61.0 cm³/mol. The molecule has 0 aliphatic heterocycles. The maximum absolute atomic E-state index is 13.5. The van der Waals surface area contributed by atoms with Gasteiger partial charge < -0.3 is 11.5 Å². The highest BCUT2D eigenvalue weighted by Crippen LogP contribution is 2.25.